The van der Waals surface area contributed by atoms with Crippen molar-refractivity contribution >= 4 is 16.1 Å². The van der Waals surface area contributed by atoms with Crippen molar-refractivity contribution in [3.8, 4) is 5.75 Å². The van der Waals surface area contributed by atoms with E-state index in [1.165, 1.54) is 22.7 Å². The van der Waals surface area contributed by atoms with Crippen molar-refractivity contribution in [2.24, 2.45) is 5.92 Å². The van der Waals surface area contributed by atoms with E-state index in [4.69, 9.17) is 4.74 Å². The van der Waals surface area contributed by atoms with Crippen LogP contribution in [-0.4, -0.2) is 57.2 Å². The lowest BCUT2D eigenvalue weighted by Crippen LogP contribution is -2.49. The van der Waals surface area contributed by atoms with E-state index in [-0.39, 0.29) is 24.4 Å². The Morgan fingerprint density at radius 3 is 2.67 bits per heavy atom. The van der Waals surface area contributed by atoms with Gasteiger partial charge < -0.3 is 10.1 Å². The number of methoxy groups -OCH3 is 1. The Hall–Kier alpha value is -1.64. The summed E-state index contributed by atoms with van der Waals surface area (Å²) >= 11 is 0. The van der Waals surface area contributed by atoms with E-state index in [9.17, 15) is 13.2 Å². The van der Waals surface area contributed by atoms with Crippen LogP contribution < -0.4 is 10.1 Å². The Kier molecular flexibility index (Phi) is 7.25. The van der Waals surface area contributed by atoms with Gasteiger partial charge in [0.25, 0.3) is 10.2 Å². The third-order valence-corrected chi connectivity index (χ3v) is 7.00. The summed E-state index contributed by atoms with van der Waals surface area (Å²) in [4.78, 5) is 12.8. The molecule has 1 heterocycles. The average molecular weight is 398 g/mol. The summed E-state index contributed by atoms with van der Waals surface area (Å²) in [6.45, 7) is 4.68. The molecule has 1 aliphatic heterocycles. The van der Waals surface area contributed by atoms with Crippen LogP contribution in [0.15, 0.2) is 18.2 Å². The third kappa shape index (κ3) is 5.00. The largest absolute Gasteiger partial charge is 0.496 e. The molecule has 1 amide bonds. The van der Waals surface area contributed by atoms with E-state index in [0.717, 1.165) is 23.3 Å². The number of carbonyl (C=O) groups is 1. The first-order valence-electron chi connectivity index (χ1n) is 9.33. The van der Waals surface area contributed by atoms with Crippen LogP contribution in [0.5, 0.6) is 5.75 Å². The number of hydrogen-bond donors (Lipinski definition) is 1. The van der Waals surface area contributed by atoms with Gasteiger partial charge in [0.2, 0.25) is 5.91 Å². The van der Waals surface area contributed by atoms with Gasteiger partial charge in [-0.25, -0.2) is 0 Å². The first-order valence-corrected chi connectivity index (χ1v) is 10.7. The number of nitrogens with zero attached hydrogens (tertiary/aromatic N) is 2. The number of hydrogen-bond acceptors (Lipinski definition) is 4. The van der Waals surface area contributed by atoms with Crippen LogP contribution in [0, 0.1) is 12.8 Å². The number of piperidine rings is 1. The van der Waals surface area contributed by atoms with Crippen LogP contribution in [0.3, 0.4) is 0 Å². The molecule has 0 bridgehead atoms. The molecule has 0 unspecified atom stereocenters. The maximum Gasteiger partial charge on any atom is 0.281 e. The standard InChI is InChI=1S/C19H31N3O4S/c1-6-17(15-9-10-18(26-5)14(2)12-15)20-19(23)16-8-7-11-22(13-16)27(24,25)21(3)4/h9-10,12,16-17H,6-8,11,13H2,1-5H3,(H,20,23)/t16-,17-/m0/s1. The van der Waals surface area contributed by atoms with Crippen molar-refractivity contribution in [1.82, 2.24) is 13.9 Å². The van der Waals surface area contributed by atoms with Crippen molar-refractivity contribution in [1.29, 1.82) is 0 Å². The zero-order chi connectivity index (χ0) is 20.2. The molecule has 27 heavy (non-hydrogen) atoms. The highest BCUT2D eigenvalue weighted by molar-refractivity contribution is 7.86. The van der Waals surface area contributed by atoms with E-state index in [1.54, 1.807) is 7.11 Å². The molecule has 1 aliphatic rings. The summed E-state index contributed by atoms with van der Waals surface area (Å²) in [5.41, 5.74) is 2.04. The van der Waals surface area contributed by atoms with E-state index in [0.29, 0.717) is 19.4 Å². The molecule has 2 rings (SSSR count). The second-order valence-electron chi connectivity index (χ2n) is 7.19. The summed E-state index contributed by atoms with van der Waals surface area (Å²) in [5.74, 6) is 0.396. The molecular weight excluding hydrogens is 366 g/mol. The van der Waals surface area contributed by atoms with Gasteiger partial charge >= 0.3 is 0 Å². The molecule has 0 aliphatic carbocycles. The van der Waals surface area contributed by atoms with Gasteiger partial charge in [-0.15, -0.1) is 0 Å². The summed E-state index contributed by atoms with van der Waals surface area (Å²) in [6.07, 6.45) is 2.14. The molecule has 7 nitrogen and oxygen atoms in total. The Morgan fingerprint density at radius 2 is 2.11 bits per heavy atom. The number of ether oxygens (including phenoxy) is 1. The number of benzene rings is 1. The third-order valence-electron chi connectivity index (χ3n) is 5.09. The zero-order valence-electron chi connectivity index (χ0n) is 16.9. The normalized spacial score (nSPS) is 19.7. The van der Waals surface area contributed by atoms with Crippen molar-refractivity contribution in [2.45, 2.75) is 39.2 Å². The van der Waals surface area contributed by atoms with Gasteiger partial charge in [-0.05, 0) is 43.4 Å². The van der Waals surface area contributed by atoms with Gasteiger partial charge in [0.15, 0.2) is 0 Å². The smallest absolute Gasteiger partial charge is 0.281 e. The summed E-state index contributed by atoms with van der Waals surface area (Å²) < 4.78 is 32.6. The second kappa shape index (κ2) is 9.03. The van der Waals surface area contributed by atoms with Gasteiger partial charge in [-0.1, -0.05) is 19.1 Å². The minimum Gasteiger partial charge on any atom is -0.496 e. The summed E-state index contributed by atoms with van der Waals surface area (Å²) in [5, 5.41) is 3.10. The summed E-state index contributed by atoms with van der Waals surface area (Å²) in [6, 6.07) is 5.79. The first kappa shape index (κ1) is 21.7. The minimum absolute atomic E-state index is 0.0889. The molecule has 2 atom stereocenters. The van der Waals surface area contributed by atoms with Gasteiger partial charge in [-0.2, -0.15) is 17.0 Å². The molecule has 1 aromatic carbocycles. The zero-order valence-corrected chi connectivity index (χ0v) is 17.7. The molecule has 0 aromatic heterocycles. The Morgan fingerprint density at radius 1 is 1.41 bits per heavy atom. The molecule has 0 radical (unpaired) electrons. The van der Waals surface area contributed by atoms with Gasteiger partial charge in [0, 0.05) is 27.2 Å². The van der Waals surface area contributed by atoms with Crippen molar-refractivity contribution < 1.29 is 17.9 Å². The highest BCUT2D eigenvalue weighted by Crippen LogP contribution is 2.26. The Balaban J connectivity index is 2.09. The van der Waals surface area contributed by atoms with Crippen molar-refractivity contribution in [2.75, 3.05) is 34.3 Å². The minimum atomic E-state index is -3.49. The Labute approximate surface area is 162 Å². The number of carbonyl (C=O) groups excluding carboxylic acids is 1. The van der Waals surface area contributed by atoms with E-state index in [1.807, 2.05) is 32.0 Å². The van der Waals surface area contributed by atoms with Crippen LogP contribution in [0.4, 0.5) is 0 Å². The van der Waals surface area contributed by atoms with Gasteiger partial charge in [0.05, 0.1) is 19.1 Å². The number of nitrogens with one attached hydrogen (secondary N) is 1. The van der Waals surface area contributed by atoms with Gasteiger partial charge in [0.1, 0.15) is 5.75 Å². The molecule has 0 saturated carbocycles. The average Bonchev–Trinajstić information content (AvgIpc) is 2.65. The van der Waals surface area contributed by atoms with Crippen molar-refractivity contribution in [3.63, 3.8) is 0 Å². The van der Waals surface area contributed by atoms with Crippen LogP contribution in [0.25, 0.3) is 0 Å². The lowest BCUT2D eigenvalue weighted by Gasteiger charge is -2.33. The maximum atomic E-state index is 12.8. The molecule has 1 N–H and O–H groups in total. The van der Waals surface area contributed by atoms with Crippen molar-refractivity contribution in [3.05, 3.63) is 29.3 Å². The highest BCUT2D eigenvalue weighted by Gasteiger charge is 2.34. The topological polar surface area (TPSA) is 79.0 Å². The predicted octanol–water partition coefficient (Wildman–Crippen LogP) is 2.09. The SMILES string of the molecule is CC[C@H](NC(=O)[C@H]1CCCN(S(=O)(=O)N(C)C)C1)c1ccc(OC)c(C)c1. The first-order chi connectivity index (χ1) is 12.7. The monoisotopic (exact) mass is 397 g/mol. The van der Waals surface area contributed by atoms with E-state index >= 15 is 0 Å². The fourth-order valence-corrected chi connectivity index (χ4v) is 4.62. The van der Waals surface area contributed by atoms with Crippen LogP contribution in [0.1, 0.15) is 43.4 Å². The number of aryl methyl sites for hydroxylation is 1. The number of amides is 1. The van der Waals surface area contributed by atoms with E-state index in [2.05, 4.69) is 5.32 Å². The molecule has 1 fully saturated rings. The van der Waals surface area contributed by atoms with Gasteiger partial charge in [-0.3, -0.25) is 4.79 Å². The molecule has 152 valence electrons. The van der Waals surface area contributed by atoms with Crippen LogP contribution in [0.2, 0.25) is 0 Å². The fraction of sp³-hybridized carbons (Fsp3) is 0.632. The predicted molar refractivity (Wildman–Crippen MR) is 106 cm³/mol. The highest BCUT2D eigenvalue weighted by atomic mass is 32.2. The molecular formula is C19H31N3O4S. The van der Waals surface area contributed by atoms with Crippen LogP contribution in [-0.2, 0) is 15.0 Å². The number of rotatable bonds is 7. The second-order valence-corrected chi connectivity index (χ2v) is 9.33. The maximum absolute atomic E-state index is 12.8. The van der Waals surface area contributed by atoms with Crippen LogP contribution >= 0.6 is 0 Å². The molecule has 0 spiro atoms. The Bertz CT molecular complexity index is 764. The summed E-state index contributed by atoms with van der Waals surface area (Å²) in [7, 11) is 1.17. The fourth-order valence-electron chi connectivity index (χ4n) is 3.43. The lowest BCUT2D eigenvalue weighted by molar-refractivity contribution is -0.126. The molecule has 1 saturated heterocycles. The van der Waals surface area contributed by atoms with E-state index < -0.39 is 10.2 Å². The molecule has 1 aromatic rings. The molecule has 8 heteroatoms. The lowest BCUT2D eigenvalue weighted by atomic mass is 9.96. The quantitative estimate of drug-likeness (QED) is 0.764.